The predicted molar refractivity (Wildman–Crippen MR) is 120 cm³/mol. The number of methoxy groups -OCH3 is 2. The molecule has 2 heterocycles. The number of carbonyl (C=O) groups excluding carboxylic acids is 2. The van der Waals surface area contributed by atoms with Crippen molar-refractivity contribution in [3.8, 4) is 0 Å². The second-order valence-electron chi connectivity index (χ2n) is 8.75. The number of nitrogens with zero attached hydrogens (tertiary/aromatic N) is 2. The zero-order valence-electron chi connectivity index (χ0n) is 19.4. The van der Waals surface area contributed by atoms with Crippen LogP contribution in [-0.2, 0) is 35.8 Å². The first-order valence-electron chi connectivity index (χ1n) is 11.4. The van der Waals surface area contributed by atoms with Crippen molar-refractivity contribution in [1.29, 1.82) is 0 Å². The first kappa shape index (κ1) is 25.9. The Morgan fingerprint density at radius 2 is 1.70 bits per heavy atom. The molecule has 33 heavy (non-hydrogen) atoms. The van der Waals surface area contributed by atoms with Crippen LogP contribution in [0.3, 0.4) is 0 Å². The van der Waals surface area contributed by atoms with Crippen LogP contribution in [0, 0.1) is 12.3 Å². The zero-order valence-corrected chi connectivity index (χ0v) is 20.5. The number of allylic oxidation sites excluding steroid dienone is 6. The van der Waals surface area contributed by atoms with Gasteiger partial charge < -0.3 is 14.2 Å². The molecule has 5 aliphatic rings. The molecule has 3 fully saturated rings. The largest absolute Gasteiger partial charge is 0.382 e. The molecule has 5 rings (SSSR count). The van der Waals surface area contributed by atoms with Crippen molar-refractivity contribution in [2.24, 2.45) is 5.92 Å². The van der Waals surface area contributed by atoms with Crippen LogP contribution in [0.5, 0.6) is 0 Å². The van der Waals surface area contributed by atoms with E-state index in [2.05, 4.69) is 12.2 Å². The zero-order chi connectivity index (χ0) is 22.7. The van der Waals surface area contributed by atoms with Crippen LogP contribution in [-0.4, -0.2) is 74.1 Å². The van der Waals surface area contributed by atoms with Crippen LogP contribution >= 0.6 is 0 Å². The summed E-state index contributed by atoms with van der Waals surface area (Å²) in [5, 5.41) is 0. The third-order valence-electron chi connectivity index (χ3n) is 6.80. The van der Waals surface area contributed by atoms with E-state index in [1.807, 2.05) is 30.7 Å². The molecule has 0 spiro atoms. The molecule has 0 bridgehead atoms. The summed E-state index contributed by atoms with van der Waals surface area (Å²) in [6.45, 7) is 0.408. The van der Waals surface area contributed by atoms with Gasteiger partial charge in [0.15, 0.2) is 0 Å². The number of hydrogen-bond donors (Lipinski definition) is 0. The first-order chi connectivity index (χ1) is 15.5. The molecule has 3 aliphatic carbocycles. The van der Waals surface area contributed by atoms with E-state index >= 15 is 0 Å². The normalized spacial score (nSPS) is 32.4. The van der Waals surface area contributed by atoms with Crippen molar-refractivity contribution in [1.82, 2.24) is 9.80 Å². The predicted octanol–water partition coefficient (Wildman–Crippen LogP) is 3.40. The molecule has 0 unspecified atom stereocenters. The Kier molecular flexibility index (Phi) is 9.12. The molecule has 182 valence electrons. The molecule has 5 atom stereocenters. The molecule has 2 saturated heterocycles. The molecular weight excluding hydrogens is 467 g/mol. The van der Waals surface area contributed by atoms with Crippen LogP contribution < -0.4 is 0 Å². The Bertz CT molecular complexity index is 842. The summed E-state index contributed by atoms with van der Waals surface area (Å²) in [5.74, 6) is -0.472. The smallest absolute Gasteiger partial charge is 0.329 e. The van der Waals surface area contributed by atoms with Gasteiger partial charge in [-0.3, -0.25) is 14.6 Å². The van der Waals surface area contributed by atoms with Crippen LogP contribution in [0.15, 0.2) is 47.6 Å². The fraction of sp³-hybridized carbons (Fsp3) is 0.560. The van der Waals surface area contributed by atoms with Crippen molar-refractivity contribution in [3.63, 3.8) is 0 Å². The second-order valence-corrected chi connectivity index (χ2v) is 8.75. The van der Waals surface area contributed by atoms with Crippen molar-refractivity contribution >= 4 is 11.9 Å². The molecule has 0 N–H and O–H groups in total. The van der Waals surface area contributed by atoms with Crippen molar-refractivity contribution < 1.29 is 40.6 Å². The number of fused-ring (bicyclic) bond motifs is 2. The average molecular weight is 500 g/mol. The Morgan fingerprint density at radius 3 is 2.27 bits per heavy atom. The van der Waals surface area contributed by atoms with E-state index < -0.39 is 6.23 Å². The molecule has 7 nitrogen and oxygen atoms in total. The molecule has 2 radical (unpaired) electrons. The van der Waals surface area contributed by atoms with Gasteiger partial charge in [0.2, 0.25) is 5.91 Å². The number of rotatable bonds is 4. The molecule has 2 aliphatic heterocycles. The summed E-state index contributed by atoms with van der Waals surface area (Å²) in [7, 11) is 4.83. The Labute approximate surface area is 206 Å². The van der Waals surface area contributed by atoms with E-state index in [0.29, 0.717) is 13.0 Å². The minimum Gasteiger partial charge on any atom is -0.382 e. The summed E-state index contributed by atoms with van der Waals surface area (Å²) in [6, 6.07) is -0.592. The quantitative estimate of drug-likeness (QED) is 0.592. The van der Waals surface area contributed by atoms with Gasteiger partial charge in [-0.2, -0.15) is 0 Å². The maximum Gasteiger partial charge on any atom is 0.329 e. The number of urea groups is 1. The summed E-state index contributed by atoms with van der Waals surface area (Å²) in [4.78, 5) is 28.8. The molecular formula is C25H33CoN2O5. The van der Waals surface area contributed by atoms with Gasteiger partial charge in [0.1, 0.15) is 12.3 Å². The summed E-state index contributed by atoms with van der Waals surface area (Å²) in [5.41, 5.74) is 2.56. The van der Waals surface area contributed by atoms with Gasteiger partial charge >= 0.3 is 6.03 Å². The third-order valence-corrected chi connectivity index (χ3v) is 6.80. The number of imide groups is 1. The van der Waals surface area contributed by atoms with Gasteiger partial charge in [0.05, 0.1) is 24.7 Å². The minimum absolute atomic E-state index is 0. The van der Waals surface area contributed by atoms with E-state index in [-0.39, 0.29) is 52.9 Å². The van der Waals surface area contributed by atoms with Crippen molar-refractivity contribution in [3.05, 3.63) is 54.0 Å². The summed E-state index contributed by atoms with van der Waals surface area (Å²) < 4.78 is 16.9. The van der Waals surface area contributed by atoms with Crippen molar-refractivity contribution in [2.75, 3.05) is 27.9 Å². The fourth-order valence-electron chi connectivity index (χ4n) is 5.12. The average Bonchev–Trinajstić information content (AvgIpc) is 3.51. The third kappa shape index (κ3) is 5.35. The van der Waals surface area contributed by atoms with Gasteiger partial charge in [-0.25, -0.2) is 4.79 Å². The van der Waals surface area contributed by atoms with E-state index in [0.717, 1.165) is 25.7 Å². The maximum absolute atomic E-state index is 13.0. The van der Waals surface area contributed by atoms with Crippen LogP contribution in [0.2, 0.25) is 0 Å². The molecule has 0 aromatic rings. The number of amides is 3. The number of hydrogen-bond acceptors (Lipinski definition) is 5. The van der Waals surface area contributed by atoms with Gasteiger partial charge in [-0.15, -0.1) is 0 Å². The van der Waals surface area contributed by atoms with Gasteiger partial charge in [0, 0.05) is 50.9 Å². The Morgan fingerprint density at radius 1 is 1.03 bits per heavy atom. The summed E-state index contributed by atoms with van der Waals surface area (Å²) >= 11 is 0. The standard InChI is InChI=1S/C20H28N2O5.C5H5.Co/c1-21-19(23)14-8-12-6-4-5-7-13(12)9-15(14)22(20(21)24)18-10-16(26-3)17(27-18)11-25-2;1-2-4-5-3-1;/h8-9,14-18H,4-7,10-11H2,1-3H3;1-5H;/t14-,15+,16-,17+,18+;;/m0../s1. The van der Waals surface area contributed by atoms with E-state index in [4.69, 9.17) is 14.2 Å². The fourth-order valence-corrected chi connectivity index (χ4v) is 5.12. The van der Waals surface area contributed by atoms with E-state index in [1.54, 1.807) is 26.2 Å². The van der Waals surface area contributed by atoms with Gasteiger partial charge in [-0.05, 0) is 36.8 Å². The SMILES string of the molecule is COC[C@H]1O[C@@H](N2C(=O)N(C)C(=O)[C@H]3C=C4CCCCC4=C[C@H]32)C[C@@H]1OC.[CH]1C=CC=C1.[Co]. The topological polar surface area (TPSA) is 68.3 Å². The monoisotopic (exact) mass is 500 g/mol. The maximum atomic E-state index is 13.0. The molecule has 0 aromatic heterocycles. The minimum atomic E-state index is -0.430. The van der Waals surface area contributed by atoms with Crippen LogP contribution in [0.4, 0.5) is 4.79 Å². The Balaban J connectivity index is 0.000000453. The number of carbonyl (C=O) groups is 2. The van der Waals surface area contributed by atoms with E-state index in [9.17, 15) is 9.59 Å². The number of ether oxygens (including phenoxy) is 3. The summed E-state index contributed by atoms with van der Waals surface area (Å²) in [6.07, 6.45) is 18.3. The Hall–Kier alpha value is -1.71. The van der Waals surface area contributed by atoms with Crippen molar-refractivity contribution in [2.45, 2.75) is 56.6 Å². The second kappa shape index (κ2) is 11.6. The van der Waals surface area contributed by atoms with Gasteiger partial charge in [0.25, 0.3) is 0 Å². The molecule has 0 aromatic carbocycles. The van der Waals surface area contributed by atoms with E-state index in [1.165, 1.54) is 16.0 Å². The molecule has 3 amide bonds. The molecule has 8 heteroatoms. The van der Waals surface area contributed by atoms with Crippen LogP contribution in [0.1, 0.15) is 32.1 Å². The first-order valence-corrected chi connectivity index (χ1v) is 11.4. The van der Waals surface area contributed by atoms with Gasteiger partial charge in [-0.1, -0.05) is 36.5 Å². The molecule has 1 saturated carbocycles. The van der Waals surface area contributed by atoms with Crippen LogP contribution in [0.25, 0.3) is 0 Å².